The molecule has 0 spiro atoms. The third-order valence-corrected chi connectivity index (χ3v) is 8.78. The fraction of sp³-hybridized carbons (Fsp3) is 0.621. The van der Waals surface area contributed by atoms with Gasteiger partial charge in [-0.1, -0.05) is 12.1 Å². The Labute approximate surface area is 245 Å². The Morgan fingerprint density at radius 3 is 2.45 bits per heavy atom. The second kappa shape index (κ2) is 13.2. The number of benzene rings is 1. The Balaban J connectivity index is 1.30. The van der Waals surface area contributed by atoms with Crippen LogP contribution in [0.1, 0.15) is 61.6 Å². The van der Waals surface area contributed by atoms with Crippen LogP contribution in [0.2, 0.25) is 0 Å². The molecule has 1 aromatic carbocycles. The molecule has 2 atom stereocenters. The number of β-amino-alcohol motifs (C(OH)–C–C–N with tert-alkyl or cyclic N) is 1. The number of nitrogens with zero attached hydrogens (tertiary/aromatic N) is 5. The molecule has 0 bridgehead atoms. The number of rotatable bonds is 10. The molecule has 13 heteroatoms. The summed E-state index contributed by atoms with van der Waals surface area (Å²) in [5, 5.41) is 29.7. The van der Waals surface area contributed by atoms with Crippen LogP contribution in [0.3, 0.4) is 0 Å². The number of aromatic nitrogens is 2. The van der Waals surface area contributed by atoms with Crippen LogP contribution >= 0.6 is 0 Å². The molecular weight excluding hydrogens is 540 g/mol. The highest BCUT2D eigenvalue weighted by Gasteiger charge is 2.37. The summed E-state index contributed by atoms with van der Waals surface area (Å²) in [5.41, 5.74) is 8.06. The number of carbonyl (C=O) groups excluding carboxylic acids is 1. The number of nitrogens with two attached hydrogens (primary N) is 1. The summed E-state index contributed by atoms with van der Waals surface area (Å²) in [4.78, 5) is 37.1. The number of piperidine rings is 1. The number of hydrogen-bond donors (Lipinski definition) is 5. The monoisotopic (exact) mass is 582 g/mol. The molecule has 3 aliphatic rings. The first-order chi connectivity index (χ1) is 20.3. The fourth-order valence-electron chi connectivity index (χ4n) is 6.30. The number of aryl methyl sites for hydroxylation is 1. The summed E-state index contributed by atoms with van der Waals surface area (Å²) >= 11 is 0. The van der Waals surface area contributed by atoms with Crippen LogP contribution < -0.4 is 26.0 Å². The molecular formula is C29H42N8O5. The maximum absolute atomic E-state index is 12.4. The van der Waals surface area contributed by atoms with Gasteiger partial charge < -0.3 is 36.2 Å². The molecule has 2 saturated heterocycles. The largest absolute Gasteiger partial charge is 0.494 e. The first kappa shape index (κ1) is 29.9. The van der Waals surface area contributed by atoms with Gasteiger partial charge in [0.05, 0.1) is 30.7 Å². The van der Waals surface area contributed by atoms with Crippen molar-refractivity contribution in [1.82, 2.24) is 14.9 Å². The van der Waals surface area contributed by atoms with E-state index in [0.29, 0.717) is 48.5 Å². The number of aliphatic hydroxyl groups is 2. The summed E-state index contributed by atoms with van der Waals surface area (Å²) in [6, 6.07) is 5.78. The average Bonchev–Trinajstić information content (AvgIpc) is 3.39. The highest BCUT2D eigenvalue weighted by molar-refractivity contribution is 5.97. The number of ether oxygens (including phenoxy) is 1. The molecule has 5 rings (SSSR count). The highest BCUT2D eigenvalue weighted by atomic mass is 16.5. The van der Waals surface area contributed by atoms with Gasteiger partial charge in [-0.2, -0.15) is 4.91 Å². The van der Waals surface area contributed by atoms with Crippen molar-refractivity contribution < 1.29 is 19.7 Å². The van der Waals surface area contributed by atoms with Crippen molar-refractivity contribution in [3.8, 4) is 5.75 Å². The second-order valence-electron chi connectivity index (χ2n) is 11.5. The van der Waals surface area contributed by atoms with Crippen molar-refractivity contribution in [3.05, 3.63) is 34.5 Å². The topological polar surface area (TPSA) is 179 Å². The van der Waals surface area contributed by atoms with Crippen molar-refractivity contribution in [2.45, 2.75) is 82.2 Å². The van der Waals surface area contributed by atoms with Crippen LogP contribution in [0.5, 0.6) is 5.75 Å². The van der Waals surface area contributed by atoms with Crippen LogP contribution in [0.15, 0.2) is 23.4 Å². The van der Waals surface area contributed by atoms with Gasteiger partial charge in [-0.05, 0) is 57.1 Å². The van der Waals surface area contributed by atoms with E-state index < -0.39 is 18.1 Å². The molecule has 0 unspecified atom stereocenters. The van der Waals surface area contributed by atoms with Gasteiger partial charge >= 0.3 is 0 Å². The van der Waals surface area contributed by atoms with Gasteiger partial charge in [-0.25, -0.2) is 9.97 Å². The number of nitrogens with one attached hydrogen (secondary N) is 2. The summed E-state index contributed by atoms with van der Waals surface area (Å²) in [6.45, 7) is 4.62. The second-order valence-corrected chi connectivity index (χ2v) is 11.5. The minimum absolute atomic E-state index is 0.0590. The van der Waals surface area contributed by atoms with E-state index in [9.17, 15) is 19.9 Å². The normalized spacial score (nSPS) is 25.3. The minimum atomic E-state index is -0.684. The molecule has 228 valence electrons. The molecule has 3 heterocycles. The van der Waals surface area contributed by atoms with E-state index in [1.165, 1.54) is 0 Å². The molecule has 2 aliphatic heterocycles. The fourth-order valence-corrected chi connectivity index (χ4v) is 6.30. The molecule has 2 aromatic rings. The molecule has 1 saturated carbocycles. The zero-order chi connectivity index (χ0) is 29.8. The van der Waals surface area contributed by atoms with E-state index in [1.807, 2.05) is 25.1 Å². The summed E-state index contributed by atoms with van der Waals surface area (Å²) in [6.07, 6.45) is 4.59. The van der Waals surface area contributed by atoms with Crippen molar-refractivity contribution in [2.24, 2.45) is 10.9 Å². The van der Waals surface area contributed by atoms with Crippen molar-refractivity contribution in [1.29, 1.82) is 0 Å². The van der Waals surface area contributed by atoms with Gasteiger partial charge in [-0.3, -0.25) is 9.69 Å². The zero-order valence-corrected chi connectivity index (χ0v) is 24.3. The Morgan fingerprint density at radius 2 is 1.83 bits per heavy atom. The van der Waals surface area contributed by atoms with Gasteiger partial charge in [0.15, 0.2) is 11.5 Å². The quantitative estimate of drug-likeness (QED) is 0.260. The molecule has 3 fully saturated rings. The summed E-state index contributed by atoms with van der Waals surface area (Å²) in [5.74, 6) is 0.766. The third kappa shape index (κ3) is 6.58. The average molecular weight is 583 g/mol. The van der Waals surface area contributed by atoms with E-state index in [2.05, 4.69) is 30.6 Å². The minimum Gasteiger partial charge on any atom is -0.494 e. The number of primary amides is 1. The first-order valence-corrected chi connectivity index (χ1v) is 14.9. The van der Waals surface area contributed by atoms with Gasteiger partial charge in [-0.15, -0.1) is 0 Å². The van der Waals surface area contributed by atoms with Gasteiger partial charge in [0.2, 0.25) is 0 Å². The van der Waals surface area contributed by atoms with Gasteiger partial charge in [0, 0.05) is 50.0 Å². The Bertz CT molecular complexity index is 1260. The van der Waals surface area contributed by atoms with Crippen LogP contribution in [-0.2, 0) is 6.42 Å². The molecule has 1 aromatic heterocycles. The predicted molar refractivity (Wildman–Crippen MR) is 160 cm³/mol. The lowest BCUT2D eigenvalue weighted by atomic mass is 9.93. The lowest BCUT2D eigenvalue weighted by Crippen LogP contribution is -2.44. The van der Waals surface area contributed by atoms with E-state index in [-0.39, 0.29) is 23.7 Å². The van der Waals surface area contributed by atoms with E-state index in [1.54, 1.807) is 7.11 Å². The number of hydrogen-bond acceptors (Lipinski definition) is 12. The standard InChI is InChI=1S/C29H42N8O5/c1-3-21-28(31-17-4-7-20(38)8-5-17)34-29(26(32-21)27(30)40)33-22-9-6-19(14-25(22)42-2)36-12-10-18(11-13-36)37-15-23(35-41)24(39)16-37/h6,9,14,17-18,20,23-24,38-39H,3-5,7-8,10-13,15-16H2,1-2H3,(H2,30,40)(H2,31,33,34)/t17-,20-,23-,24-/m1/s1. The predicted octanol–water partition coefficient (Wildman–Crippen LogP) is 2.39. The van der Waals surface area contributed by atoms with E-state index in [0.717, 1.165) is 57.3 Å². The van der Waals surface area contributed by atoms with Crippen LogP contribution in [0.25, 0.3) is 0 Å². The third-order valence-electron chi connectivity index (χ3n) is 8.78. The van der Waals surface area contributed by atoms with Gasteiger partial charge in [0.25, 0.3) is 5.91 Å². The molecule has 6 N–H and O–H groups in total. The highest BCUT2D eigenvalue weighted by Crippen LogP contribution is 2.35. The lowest BCUT2D eigenvalue weighted by Gasteiger charge is -2.38. The first-order valence-electron chi connectivity index (χ1n) is 14.9. The Morgan fingerprint density at radius 1 is 1.10 bits per heavy atom. The summed E-state index contributed by atoms with van der Waals surface area (Å²) in [7, 11) is 1.60. The molecule has 42 heavy (non-hydrogen) atoms. The maximum atomic E-state index is 12.4. The van der Waals surface area contributed by atoms with Gasteiger partial charge in [0.1, 0.15) is 17.6 Å². The molecule has 13 nitrogen and oxygen atoms in total. The molecule has 1 amide bonds. The number of likely N-dealkylation sites (tertiary alicyclic amines) is 1. The van der Waals surface area contributed by atoms with E-state index >= 15 is 0 Å². The zero-order valence-electron chi connectivity index (χ0n) is 24.3. The Hall–Kier alpha value is -3.55. The number of amides is 1. The number of methoxy groups -OCH3 is 1. The molecule has 1 aliphatic carbocycles. The molecule has 0 radical (unpaired) electrons. The number of aliphatic hydroxyl groups excluding tert-OH is 2. The number of anilines is 4. The Kier molecular flexibility index (Phi) is 9.39. The van der Waals surface area contributed by atoms with Crippen molar-refractivity contribution in [3.63, 3.8) is 0 Å². The maximum Gasteiger partial charge on any atom is 0.271 e. The van der Waals surface area contributed by atoms with Crippen LogP contribution in [-0.4, -0.2) is 94.6 Å². The smallest absolute Gasteiger partial charge is 0.271 e. The van der Waals surface area contributed by atoms with Crippen molar-refractivity contribution >= 4 is 28.9 Å². The van der Waals surface area contributed by atoms with Crippen LogP contribution in [0.4, 0.5) is 23.0 Å². The lowest BCUT2D eigenvalue weighted by molar-refractivity contribution is 0.0995. The summed E-state index contributed by atoms with van der Waals surface area (Å²) < 4.78 is 5.73. The SMILES string of the molecule is CCc1nc(C(N)=O)c(Nc2ccc(N3CCC(N4C[C@@H](O)[C@H](N=O)C4)CC3)cc2OC)nc1N[C@H]1CC[C@H](O)CC1. The van der Waals surface area contributed by atoms with Crippen LogP contribution in [0, 0.1) is 4.91 Å². The van der Waals surface area contributed by atoms with Crippen molar-refractivity contribution in [2.75, 3.05) is 48.8 Å². The number of nitroso groups, excluding NO2 is 1. The number of carbonyl (C=O) groups is 1. The van der Waals surface area contributed by atoms with E-state index in [4.69, 9.17) is 15.5 Å².